The van der Waals surface area contributed by atoms with Crippen LogP contribution in [0, 0.1) is 17.5 Å². The number of ether oxygens (including phenoxy) is 1. The zero-order valence-corrected chi connectivity index (χ0v) is 12.7. The summed E-state index contributed by atoms with van der Waals surface area (Å²) in [6.07, 6.45) is 0.200. The van der Waals surface area contributed by atoms with E-state index in [1.807, 2.05) is 0 Å². The Morgan fingerprint density at radius 1 is 1.23 bits per heavy atom. The maximum absolute atomic E-state index is 13.1. The molecule has 7 heteroatoms. The van der Waals surface area contributed by atoms with Crippen LogP contribution in [0.4, 0.5) is 18.0 Å². The van der Waals surface area contributed by atoms with Crippen molar-refractivity contribution in [2.24, 2.45) is 0 Å². The highest BCUT2D eigenvalue weighted by atomic mass is 19.2. The van der Waals surface area contributed by atoms with Gasteiger partial charge in [0.2, 0.25) is 0 Å². The van der Waals surface area contributed by atoms with Crippen LogP contribution in [0.15, 0.2) is 12.1 Å². The second kappa shape index (κ2) is 6.16. The van der Waals surface area contributed by atoms with Crippen molar-refractivity contribution < 1.29 is 22.7 Å². The van der Waals surface area contributed by atoms with E-state index in [-0.39, 0.29) is 18.6 Å². The molecule has 0 aliphatic heterocycles. The van der Waals surface area contributed by atoms with E-state index >= 15 is 0 Å². The largest absolute Gasteiger partial charge is 0.444 e. The van der Waals surface area contributed by atoms with Gasteiger partial charge in [0, 0.05) is 18.6 Å². The molecule has 2 atom stereocenters. The fourth-order valence-corrected chi connectivity index (χ4v) is 2.00. The Morgan fingerprint density at radius 2 is 1.82 bits per heavy atom. The van der Waals surface area contributed by atoms with Crippen LogP contribution in [-0.2, 0) is 11.3 Å². The van der Waals surface area contributed by atoms with Gasteiger partial charge < -0.3 is 15.4 Å². The summed E-state index contributed by atoms with van der Waals surface area (Å²) in [6, 6.07) is 1.82. The first-order chi connectivity index (χ1) is 10.2. The zero-order chi connectivity index (χ0) is 16.5. The Hall–Kier alpha value is -1.76. The van der Waals surface area contributed by atoms with Crippen LogP contribution in [0.2, 0.25) is 0 Å². The summed E-state index contributed by atoms with van der Waals surface area (Å²) in [4.78, 5) is 11.6. The normalized spacial score (nSPS) is 20.6. The van der Waals surface area contributed by atoms with Crippen molar-refractivity contribution in [3.63, 3.8) is 0 Å². The van der Waals surface area contributed by atoms with Crippen LogP contribution < -0.4 is 10.6 Å². The second-order valence-electron chi connectivity index (χ2n) is 6.35. The fourth-order valence-electron chi connectivity index (χ4n) is 2.00. The van der Waals surface area contributed by atoms with E-state index in [0.717, 1.165) is 12.1 Å². The number of alkyl carbamates (subject to hydrolysis) is 1. The number of rotatable bonds is 4. The molecular formula is C15H19F3N2O2. The Labute approximate surface area is 127 Å². The topological polar surface area (TPSA) is 50.4 Å². The molecule has 2 unspecified atom stereocenters. The molecule has 1 aliphatic carbocycles. The van der Waals surface area contributed by atoms with E-state index in [2.05, 4.69) is 10.6 Å². The second-order valence-corrected chi connectivity index (χ2v) is 6.35. The molecule has 2 rings (SSSR count). The van der Waals surface area contributed by atoms with Gasteiger partial charge in [0.15, 0.2) is 17.5 Å². The van der Waals surface area contributed by atoms with E-state index in [1.165, 1.54) is 0 Å². The summed E-state index contributed by atoms with van der Waals surface area (Å²) in [5.41, 5.74) is -0.259. The Balaban J connectivity index is 1.77. The average molecular weight is 316 g/mol. The van der Waals surface area contributed by atoms with Gasteiger partial charge in [-0.3, -0.25) is 0 Å². The van der Waals surface area contributed by atoms with Crippen LogP contribution in [0.5, 0.6) is 0 Å². The standard InChI is InChI=1S/C15H19F3N2O2/c1-15(2,3)22-14(21)20-12-6-11(12)19-7-8-4-9(16)13(18)10(17)5-8/h4-5,11-12,19H,6-7H2,1-3H3,(H,20,21). The number of carbonyl (C=O) groups is 1. The summed E-state index contributed by atoms with van der Waals surface area (Å²) < 4.78 is 44.1. The third-order valence-corrected chi connectivity index (χ3v) is 3.10. The molecule has 0 saturated heterocycles. The first kappa shape index (κ1) is 16.6. The maximum Gasteiger partial charge on any atom is 0.407 e. The van der Waals surface area contributed by atoms with E-state index in [9.17, 15) is 18.0 Å². The fraction of sp³-hybridized carbons (Fsp3) is 0.533. The van der Waals surface area contributed by atoms with Crippen molar-refractivity contribution in [2.75, 3.05) is 0 Å². The summed E-state index contributed by atoms with van der Waals surface area (Å²) in [5, 5.41) is 5.74. The minimum atomic E-state index is -1.47. The molecule has 0 aromatic heterocycles. The summed E-state index contributed by atoms with van der Waals surface area (Å²) in [5.74, 6) is -3.90. The highest BCUT2D eigenvalue weighted by Crippen LogP contribution is 2.23. The molecule has 0 spiro atoms. The molecule has 2 N–H and O–H groups in total. The summed E-state index contributed by atoms with van der Waals surface area (Å²) in [6.45, 7) is 5.50. The maximum atomic E-state index is 13.1. The van der Waals surface area contributed by atoms with Crippen molar-refractivity contribution in [3.05, 3.63) is 35.1 Å². The van der Waals surface area contributed by atoms with Crippen LogP contribution in [0.25, 0.3) is 0 Å². The zero-order valence-electron chi connectivity index (χ0n) is 12.7. The quantitative estimate of drug-likeness (QED) is 0.840. The lowest BCUT2D eigenvalue weighted by Gasteiger charge is -2.19. The molecule has 0 heterocycles. The van der Waals surface area contributed by atoms with Crippen molar-refractivity contribution in [1.29, 1.82) is 0 Å². The third-order valence-electron chi connectivity index (χ3n) is 3.10. The monoisotopic (exact) mass is 316 g/mol. The van der Waals surface area contributed by atoms with Gasteiger partial charge in [-0.15, -0.1) is 0 Å². The average Bonchev–Trinajstić information content (AvgIpc) is 3.09. The highest BCUT2D eigenvalue weighted by Gasteiger charge is 2.38. The Morgan fingerprint density at radius 3 is 2.36 bits per heavy atom. The highest BCUT2D eigenvalue weighted by molar-refractivity contribution is 5.68. The first-order valence-corrected chi connectivity index (χ1v) is 7.02. The van der Waals surface area contributed by atoms with Gasteiger partial charge in [-0.25, -0.2) is 18.0 Å². The Bertz CT molecular complexity index is 549. The van der Waals surface area contributed by atoms with Crippen LogP contribution in [-0.4, -0.2) is 23.8 Å². The number of hydrogen-bond donors (Lipinski definition) is 2. The first-order valence-electron chi connectivity index (χ1n) is 7.02. The summed E-state index contributed by atoms with van der Waals surface area (Å²) >= 11 is 0. The Kier molecular flexibility index (Phi) is 4.65. The van der Waals surface area contributed by atoms with Gasteiger partial charge in [-0.1, -0.05) is 0 Å². The minimum Gasteiger partial charge on any atom is -0.444 e. The molecule has 1 aromatic rings. The molecule has 122 valence electrons. The predicted molar refractivity (Wildman–Crippen MR) is 74.7 cm³/mol. The number of hydrogen-bond acceptors (Lipinski definition) is 3. The van der Waals surface area contributed by atoms with Gasteiger partial charge >= 0.3 is 6.09 Å². The number of carbonyl (C=O) groups excluding carboxylic acids is 1. The van der Waals surface area contributed by atoms with Crippen LogP contribution in [0.3, 0.4) is 0 Å². The molecule has 1 amide bonds. The molecule has 1 fully saturated rings. The lowest BCUT2D eigenvalue weighted by Crippen LogP contribution is -2.36. The van der Waals surface area contributed by atoms with Gasteiger partial charge in [-0.2, -0.15) is 0 Å². The van der Waals surface area contributed by atoms with Gasteiger partial charge in [0.1, 0.15) is 5.60 Å². The van der Waals surface area contributed by atoms with Crippen molar-refractivity contribution in [2.45, 2.75) is 51.4 Å². The SMILES string of the molecule is CC(C)(C)OC(=O)NC1CC1NCc1cc(F)c(F)c(F)c1. The molecule has 0 radical (unpaired) electrons. The van der Waals surface area contributed by atoms with E-state index in [0.29, 0.717) is 12.0 Å². The number of nitrogens with one attached hydrogen (secondary N) is 2. The molecular weight excluding hydrogens is 297 g/mol. The molecule has 1 saturated carbocycles. The van der Waals surface area contributed by atoms with Crippen LogP contribution >= 0.6 is 0 Å². The van der Waals surface area contributed by atoms with E-state index in [4.69, 9.17) is 4.74 Å². The molecule has 4 nitrogen and oxygen atoms in total. The third kappa shape index (κ3) is 4.62. The number of halogens is 3. The van der Waals surface area contributed by atoms with Crippen molar-refractivity contribution >= 4 is 6.09 Å². The molecule has 0 bridgehead atoms. The molecule has 1 aromatic carbocycles. The van der Waals surface area contributed by atoms with Gasteiger partial charge in [0.05, 0.1) is 0 Å². The lowest BCUT2D eigenvalue weighted by molar-refractivity contribution is 0.0522. The number of benzene rings is 1. The van der Waals surface area contributed by atoms with E-state index < -0.39 is 29.1 Å². The molecule has 22 heavy (non-hydrogen) atoms. The molecule has 1 aliphatic rings. The van der Waals surface area contributed by atoms with Crippen molar-refractivity contribution in [1.82, 2.24) is 10.6 Å². The number of amides is 1. The van der Waals surface area contributed by atoms with Gasteiger partial charge in [-0.05, 0) is 44.9 Å². The smallest absolute Gasteiger partial charge is 0.407 e. The van der Waals surface area contributed by atoms with Gasteiger partial charge in [0.25, 0.3) is 0 Å². The van der Waals surface area contributed by atoms with E-state index in [1.54, 1.807) is 20.8 Å². The minimum absolute atomic E-state index is 0.00342. The predicted octanol–water partition coefficient (Wildman–Crippen LogP) is 2.86. The lowest BCUT2D eigenvalue weighted by atomic mass is 10.2. The van der Waals surface area contributed by atoms with Crippen molar-refractivity contribution in [3.8, 4) is 0 Å². The summed E-state index contributed by atoms with van der Waals surface area (Å²) in [7, 11) is 0. The van der Waals surface area contributed by atoms with Crippen LogP contribution in [0.1, 0.15) is 32.8 Å².